The van der Waals surface area contributed by atoms with Crippen LogP contribution in [0.15, 0.2) is 33.0 Å². The summed E-state index contributed by atoms with van der Waals surface area (Å²) >= 11 is 27.8. The molecule has 1 aromatic rings. The largest absolute Gasteiger partial charge is 0.386 e. The fourth-order valence-corrected chi connectivity index (χ4v) is 1.77. The van der Waals surface area contributed by atoms with Gasteiger partial charge in [0.15, 0.2) is 6.61 Å². The molecule has 1 rings (SSSR count). The Hall–Kier alpha value is -1.38. The van der Waals surface area contributed by atoms with Gasteiger partial charge in [0, 0.05) is 10.6 Å². The number of carbonyl (C=O) groups excluding carboxylic acids is 2. The monoisotopic (exact) mass is 432 g/mol. The first-order chi connectivity index (χ1) is 11.3. The van der Waals surface area contributed by atoms with E-state index in [0.29, 0.717) is 15.6 Å². The average molecular weight is 434 g/mol. The van der Waals surface area contributed by atoms with Crippen molar-refractivity contribution < 1.29 is 14.4 Å². The summed E-state index contributed by atoms with van der Waals surface area (Å²) < 4.78 is -0.336. The zero-order valence-electron chi connectivity index (χ0n) is 11.6. The minimum Gasteiger partial charge on any atom is -0.386 e. The number of hydrogen-bond donors (Lipinski definition) is 3. The Morgan fingerprint density at radius 2 is 1.88 bits per heavy atom. The number of amides is 3. The minimum atomic E-state index is -0.858. The number of hydrazine groups is 1. The molecule has 0 aliphatic carbocycles. The highest BCUT2D eigenvalue weighted by molar-refractivity contribution is 6.59. The molecule has 0 heterocycles. The molecule has 0 atom stereocenters. The van der Waals surface area contributed by atoms with E-state index in [9.17, 15) is 9.59 Å². The molecular formula is C12H9Cl5N4O3. The van der Waals surface area contributed by atoms with Crippen LogP contribution in [0.4, 0.5) is 4.79 Å². The first-order valence-corrected chi connectivity index (χ1v) is 7.85. The van der Waals surface area contributed by atoms with E-state index in [0.717, 1.165) is 0 Å². The van der Waals surface area contributed by atoms with Crippen molar-refractivity contribution >= 4 is 76.2 Å². The van der Waals surface area contributed by atoms with Crippen molar-refractivity contribution in [2.75, 3.05) is 6.61 Å². The lowest BCUT2D eigenvalue weighted by atomic mass is 10.2. The van der Waals surface area contributed by atoms with Gasteiger partial charge in [-0.25, -0.2) is 10.2 Å². The van der Waals surface area contributed by atoms with E-state index in [2.05, 4.69) is 10.5 Å². The second-order valence-corrected chi connectivity index (χ2v) is 6.05. The molecule has 0 aliphatic heterocycles. The smallest absolute Gasteiger partial charge is 0.338 e. The number of rotatable bonds is 5. The Labute approximate surface area is 161 Å². The van der Waals surface area contributed by atoms with Crippen LogP contribution in [-0.4, -0.2) is 24.8 Å². The maximum absolute atomic E-state index is 11.4. The van der Waals surface area contributed by atoms with Gasteiger partial charge in [-0.15, -0.1) is 0 Å². The van der Waals surface area contributed by atoms with Gasteiger partial charge in [-0.05, 0) is 12.1 Å². The van der Waals surface area contributed by atoms with Crippen LogP contribution in [0.5, 0.6) is 0 Å². The summed E-state index contributed by atoms with van der Waals surface area (Å²) in [4.78, 5) is 27.4. The molecule has 3 N–H and O–H groups in total. The van der Waals surface area contributed by atoms with E-state index in [1.807, 2.05) is 10.9 Å². The molecule has 12 heteroatoms. The summed E-state index contributed by atoms with van der Waals surface area (Å²) in [6.45, 7) is -0.457. The third-order valence-corrected chi connectivity index (χ3v) is 3.55. The molecule has 0 aromatic heterocycles. The third kappa shape index (κ3) is 7.94. The first kappa shape index (κ1) is 20.7. The van der Waals surface area contributed by atoms with Crippen LogP contribution >= 0.6 is 58.0 Å². The minimum absolute atomic E-state index is 0.300. The Balaban J connectivity index is 2.32. The fraction of sp³-hybridized carbons (Fsp3) is 0.0833. The maximum Gasteiger partial charge on any atom is 0.338 e. The van der Waals surface area contributed by atoms with Crippen molar-refractivity contribution in [1.82, 2.24) is 16.2 Å². The standard InChI is InChI=1S/C12H9Cl5N4O3/c13-7-2-1-6(8(14)3-7)4-18-24-5-9(22)20-21-12(23)19-11(17)10(15)16/h1-4H,5H2,(H,20,22)(H2,19,21,23)/b18-4-. The summed E-state index contributed by atoms with van der Waals surface area (Å²) in [6.07, 6.45) is 1.30. The van der Waals surface area contributed by atoms with E-state index < -0.39 is 18.5 Å². The van der Waals surface area contributed by atoms with Gasteiger partial charge in [-0.3, -0.25) is 15.5 Å². The number of nitrogens with zero attached hydrogens (tertiary/aromatic N) is 1. The molecule has 0 aliphatic rings. The molecule has 3 amide bonds. The summed E-state index contributed by atoms with van der Waals surface area (Å²) in [5, 5.41) is 6.17. The van der Waals surface area contributed by atoms with E-state index in [1.165, 1.54) is 12.3 Å². The van der Waals surface area contributed by atoms with Gasteiger partial charge < -0.3 is 4.84 Å². The fourth-order valence-electron chi connectivity index (χ4n) is 1.14. The van der Waals surface area contributed by atoms with Crippen LogP contribution in [0.1, 0.15) is 5.56 Å². The van der Waals surface area contributed by atoms with Gasteiger partial charge in [-0.1, -0.05) is 69.2 Å². The average Bonchev–Trinajstić information content (AvgIpc) is 2.51. The SMILES string of the molecule is O=C(CO/N=C\c1ccc(Cl)cc1Cl)NNC(=O)NC(Cl)=C(Cl)Cl. The Morgan fingerprint density at radius 1 is 1.17 bits per heavy atom. The zero-order chi connectivity index (χ0) is 18.1. The number of benzene rings is 1. The number of nitrogens with one attached hydrogen (secondary N) is 3. The third-order valence-electron chi connectivity index (χ3n) is 2.13. The molecule has 130 valence electrons. The molecule has 24 heavy (non-hydrogen) atoms. The van der Waals surface area contributed by atoms with E-state index in [4.69, 9.17) is 62.8 Å². The highest BCUT2D eigenvalue weighted by Crippen LogP contribution is 2.19. The highest BCUT2D eigenvalue weighted by atomic mass is 35.5. The van der Waals surface area contributed by atoms with Crippen molar-refractivity contribution in [3.05, 3.63) is 43.5 Å². The number of halogens is 5. The molecule has 0 radical (unpaired) electrons. The Morgan fingerprint density at radius 3 is 2.50 bits per heavy atom. The van der Waals surface area contributed by atoms with Crippen LogP contribution in [0, 0.1) is 0 Å². The molecule has 0 unspecified atom stereocenters. The van der Waals surface area contributed by atoms with Crippen LogP contribution in [-0.2, 0) is 9.63 Å². The van der Waals surface area contributed by atoms with Crippen molar-refractivity contribution in [1.29, 1.82) is 0 Å². The first-order valence-electron chi connectivity index (χ1n) is 5.96. The second kappa shape index (κ2) is 10.5. The van der Waals surface area contributed by atoms with Crippen LogP contribution in [0.2, 0.25) is 10.0 Å². The number of oxime groups is 1. The predicted molar refractivity (Wildman–Crippen MR) is 94.4 cm³/mol. The van der Waals surface area contributed by atoms with Gasteiger partial charge in [0.2, 0.25) is 0 Å². The lowest BCUT2D eigenvalue weighted by Gasteiger charge is -2.07. The molecule has 0 bridgehead atoms. The van der Waals surface area contributed by atoms with Gasteiger partial charge in [0.05, 0.1) is 11.2 Å². The summed E-state index contributed by atoms with van der Waals surface area (Å²) in [7, 11) is 0. The van der Waals surface area contributed by atoms with E-state index in [1.54, 1.807) is 12.1 Å². The van der Waals surface area contributed by atoms with Crippen molar-refractivity contribution in [2.24, 2.45) is 5.16 Å². The van der Waals surface area contributed by atoms with Crippen molar-refractivity contribution in [3.8, 4) is 0 Å². The van der Waals surface area contributed by atoms with E-state index in [-0.39, 0.29) is 9.65 Å². The Bertz CT molecular complexity index is 677. The van der Waals surface area contributed by atoms with Gasteiger partial charge in [-0.2, -0.15) is 0 Å². The number of carbonyl (C=O) groups is 2. The normalized spacial score (nSPS) is 10.2. The number of hydrogen-bond acceptors (Lipinski definition) is 4. The molecule has 0 fully saturated rings. The van der Waals surface area contributed by atoms with Crippen LogP contribution in [0.3, 0.4) is 0 Å². The van der Waals surface area contributed by atoms with Crippen LogP contribution in [0.25, 0.3) is 0 Å². The second-order valence-electron chi connectivity index (χ2n) is 3.88. The molecule has 0 saturated carbocycles. The van der Waals surface area contributed by atoms with Crippen molar-refractivity contribution in [2.45, 2.75) is 0 Å². The summed E-state index contributed by atoms with van der Waals surface area (Å²) in [6, 6.07) is 3.93. The molecular weight excluding hydrogens is 425 g/mol. The number of urea groups is 1. The quantitative estimate of drug-likeness (QED) is 0.376. The van der Waals surface area contributed by atoms with Crippen LogP contribution < -0.4 is 16.2 Å². The molecule has 7 nitrogen and oxygen atoms in total. The van der Waals surface area contributed by atoms with Gasteiger partial charge >= 0.3 is 6.03 Å². The lowest BCUT2D eigenvalue weighted by molar-refractivity contribution is -0.126. The molecule has 0 saturated heterocycles. The van der Waals surface area contributed by atoms with Gasteiger partial charge in [0.25, 0.3) is 5.91 Å². The summed E-state index contributed by atoms with van der Waals surface area (Å²) in [5.74, 6) is -0.679. The summed E-state index contributed by atoms with van der Waals surface area (Å²) in [5.41, 5.74) is 4.58. The zero-order valence-corrected chi connectivity index (χ0v) is 15.4. The lowest BCUT2D eigenvalue weighted by Crippen LogP contribution is -2.47. The van der Waals surface area contributed by atoms with Crippen molar-refractivity contribution in [3.63, 3.8) is 0 Å². The predicted octanol–water partition coefficient (Wildman–Crippen LogP) is 3.52. The van der Waals surface area contributed by atoms with Gasteiger partial charge in [0.1, 0.15) is 9.65 Å². The topological polar surface area (TPSA) is 91.8 Å². The van der Waals surface area contributed by atoms with E-state index >= 15 is 0 Å². The molecule has 1 aromatic carbocycles. The Kier molecular flexibility index (Phi) is 9.02. The highest BCUT2D eigenvalue weighted by Gasteiger charge is 2.07. The maximum atomic E-state index is 11.4. The molecule has 0 spiro atoms.